The van der Waals surface area contributed by atoms with Gasteiger partial charge in [-0.15, -0.1) is 0 Å². The van der Waals surface area contributed by atoms with Crippen LogP contribution in [0.2, 0.25) is 5.02 Å². The molecule has 17 heavy (non-hydrogen) atoms. The van der Waals surface area contributed by atoms with E-state index in [1.807, 2.05) is 6.07 Å². The molecule has 1 unspecified atom stereocenters. The van der Waals surface area contributed by atoms with E-state index in [4.69, 9.17) is 16.3 Å². The summed E-state index contributed by atoms with van der Waals surface area (Å²) < 4.78 is 5.59. The van der Waals surface area contributed by atoms with E-state index in [1.54, 1.807) is 6.20 Å². The van der Waals surface area contributed by atoms with E-state index in [0.29, 0.717) is 5.02 Å². The largest absolute Gasteiger partial charge is 0.392 e. The molecule has 0 aliphatic carbocycles. The van der Waals surface area contributed by atoms with Gasteiger partial charge >= 0.3 is 0 Å². The normalized spacial score (nSPS) is 21.4. The van der Waals surface area contributed by atoms with Gasteiger partial charge in [-0.05, 0) is 19.4 Å². The van der Waals surface area contributed by atoms with E-state index in [2.05, 4.69) is 16.8 Å². The highest BCUT2D eigenvalue weighted by molar-refractivity contribution is 6.31. The number of hydrogen-bond donors (Lipinski definition) is 1. The highest BCUT2D eigenvalue weighted by atomic mass is 35.5. The fraction of sp³-hybridized carbons (Fsp3) is 0.583. The van der Waals surface area contributed by atoms with Crippen molar-refractivity contribution in [1.29, 1.82) is 0 Å². The molecule has 2 heterocycles. The van der Waals surface area contributed by atoms with Crippen molar-refractivity contribution in [2.24, 2.45) is 0 Å². The maximum absolute atomic E-state index is 9.19. The highest BCUT2D eigenvalue weighted by Crippen LogP contribution is 2.22. The van der Waals surface area contributed by atoms with Gasteiger partial charge in [-0.2, -0.15) is 0 Å². The summed E-state index contributed by atoms with van der Waals surface area (Å²) in [5.41, 5.74) is 0.717. The fourth-order valence-electron chi connectivity index (χ4n) is 1.96. The Morgan fingerprint density at radius 1 is 1.65 bits per heavy atom. The Bertz CT molecular complexity index is 387. The second-order valence-corrected chi connectivity index (χ2v) is 4.68. The predicted molar refractivity (Wildman–Crippen MR) is 67.4 cm³/mol. The lowest BCUT2D eigenvalue weighted by molar-refractivity contribution is 0.0820. The second-order valence-electron chi connectivity index (χ2n) is 4.27. The molecule has 1 atom stereocenters. The monoisotopic (exact) mass is 256 g/mol. The molecule has 0 bridgehead atoms. The maximum atomic E-state index is 9.19. The Kier molecular flexibility index (Phi) is 4.20. The topological polar surface area (TPSA) is 45.6 Å². The van der Waals surface area contributed by atoms with Gasteiger partial charge in [-0.1, -0.05) is 11.6 Å². The molecule has 1 aromatic rings. The van der Waals surface area contributed by atoms with Crippen molar-refractivity contribution in [2.75, 3.05) is 24.6 Å². The SMILES string of the molecule is CC1CN(c2cc(CO)c(Cl)cn2)CCCO1. The van der Waals surface area contributed by atoms with E-state index >= 15 is 0 Å². The lowest BCUT2D eigenvalue weighted by Crippen LogP contribution is -2.30. The van der Waals surface area contributed by atoms with Crippen LogP contribution in [0, 0.1) is 0 Å². The fourth-order valence-corrected chi connectivity index (χ4v) is 2.13. The Morgan fingerprint density at radius 2 is 2.47 bits per heavy atom. The summed E-state index contributed by atoms with van der Waals surface area (Å²) in [6, 6.07) is 1.85. The van der Waals surface area contributed by atoms with E-state index in [-0.39, 0.29) is 12.7 Å². The van der Waals surface area contributed by atoms with Crippen molar-refractivity contribution in [3.05, 3.63) is 22.8 Å². The van der Waals surface area contributed by atoms with Crippen LogP contribution < -0.4 is 4.90 Å². The number of anilines is 1. The molecular formula is C12H17ClN2O2. The first-order valence-electron chi connectivity index (χ1n) is 5.82. The first-order valence-corrected chi connectivity index (χ1v) is 6.20. The van der Waals surface area contributed by atoms with Crippen LogP contribution >= 0.6 is 11.6 Å². The maximum Gasteiger partial charge on any atom is 0.129 e. The number of aliphatic hydroxyl groups excluding tert-OH is 1. The zero-order chi connectivity index (χ0) is 12.3. The summed E-state index contributed by atoms with van der Waals surface area (Å²) in [7, 11) is 0. The minimum Gasteiger partial charge on any atom is -0.392 e. The number of hydrogen-bond acceptors (Lipinski definition) is 4. The molecular weight excluding hydrogens is 240 g/mol. The lowest BCUT2D eigenvalue weighted by Gasteiger charge is -2.23. The van der Waals surface area contributed by atoms with Gasteiger partial charge in [0.25, 0.3) is 0 Å². The molecule has 2 rings (SSSR count). The average molecular weight is 257 g/mol. The predicted octanol–water partition coefficient (Wildman–Crippen LogP) is 1.84. The average Bonchev–Trinajstić information content (AvgIpc) is 2.54. The van der Waals surface area contributed by atoms with E-state index in [1.165, 1.54) is 0 Å². The summed E-state index contributed by atoms with van der Waals surface area (Å²) >= 11 is 5.93. The van der Waals surface area contributed by atoms with Gasteiger partial charge in [0, 0.05) is 31.5 Å². The van der Waals surface area contributed by atoms with Crippen LogP contribution in [0.4, 0.5) is 5.82 Å². The van der Waals surface area contributed by atoms with Crippen molar-refractivity contribution in [1.82, 2.24) is 4.98 Å². The summed E-state index contributed by atoms with van der Waals surface area (Å²) in [5, 5.41) is 9.70. The third-order valence-electron chi connectivity index (χ3n) is 2.87. The molecule has 0 aromatic carbocycles. The Labute approximate surface area is 106 Å². The third kappa shape index (κ3) is 3.09. The molecule has 0 amide bonds. The standard InChI is InChI=1S/C12H17ClN2O2/c1-9-7-15(3-2-4-17-9)12-5-10(8-16)11(13)6-14-12/h5-6,9,16H,2-4,7-8H2,1H3. The van der Waals surface area contributed by atoms with Crippen LogP contribution in [0.1, 0.15) is 18.9 Å². The number of rotatable bonds is 2. The first-order chi connectivity index (χ1) is 8.20. The quantitative estimate of drug-likeness (QED) is 0.877. The summed E-state index contributed by atoms with van der Waals surface area (Å²) in [5.74, 6) is 0.857. The van der Waals surface area contributed by atoms with Crippen molar-refractivity contribution >= 4 is 17.4 Å². The molecule has 1 aliphatic heterocycles. The molecule has 1 N–H and O–H groups in total. The minimum absolute atomic E-state index is 0.0613. The smallest absolute Gasteiger partial charge is 0.129 e. The number of aromatic nitrogens is 1. The van der Waals surface area contributed by atoms with Crippen LogP contribution in [-0.4, -0.2) is 35.9 Å². The Hall–Kier alpha value is -0.840. The molecule has 5 heteroatoms. The zero-order valence-corrected chi connectivity index (χ0v) is 10.7. The summed E-state index contributed by atoms with van der Waals surface area (Å²) in [6.07, 6.45) is 2.79. The van der Waals surface area contributed by atoms with Crippen LogP contribution in [0.15, 0.2) is 12.3 Å². The molecule has 1 saturated heterocycles. The molecule has 0 radical (unpaired) electrons. The van der Waals surface area contributed by atoms with Crippen molar-refractivity contribution in [3.63, 3.8) is 0 Å². The van der Waals surface area contributed by atoms with Crippen LogP contribution in [-0.2, 0) is 11.3 Å². The molecule has 0 saturated carbocycles. The summed E-state index contributed by atoms with van der Waals surface area (Å²) in [6.45, 7) is 4.52. The Balaban J connectivity index is 2.20. The summed E-state index contributed by atoms with van der Waals surface area (Å²) in [4.78, 5) is 6.49. The van der Waals surface area contributed by atoms with Crippen LogP contribution in [0.25, 0.3) is 0 Å². The van der Waals surface area contributed by atoms with E-state index in [9.17, 15) is 5.11 Å². The van der Waals surface area contributed by atoms with Gasteiger partial charge in [0.15, 0.2) is 0 Å². The number of ether oxygens (including phenoxy) is 1. The Morgan fingerprint density at radius 3 is 3.24 bits per heavy atom. The van der Waals surface area contributed by atoms with Gasteiger partial charge in [0.2, 0.25) is 0 Å². The minimum atomic E-state index is -0.0613. The highest BCUT2D eigenvalue weighted by Gasteiger charge is 2.17. The van der Waals surface area contributed by atoms with Crippen LogP contribution in [0.5, 0.6) is 0 Å². The van der Waals surface area contributed by atoms with E-state index < -0.39 is 0 Å². The van der Waals surface area contributed by atoms with Gasteiger partial charge in [-0.25, -0.2) is 4.98 Å². The zero-order valence-electron chi connectivity index (χ0n) is 9.90. The van der Waals surface area contributed by atoms with Crippen molar-refractivity contribution in [3.8, 4) is 0 Å². The van der Waals surface area contributed by atoms with Crippen molar-refractivity contribution in [2.45, 2.75) is 26.1 Å². The van der Waals surface area contributed by atoms with Gasteiger partial charge in [0.1, 0.15) is 5.82 Å². The first kappa shape index (κ1) is 12.6. The van der Waals surface area contributed by atoms with Gasteiger partial charge < -0.3 is 14.7 Å². The van der Waals surface area contributed by atoms with Gasteiger partial charge in [0.05, 0.1) is 17.7 Å². The molecule has 94 valence electrons. The number of halogens is 1. The van der Waals surface area contributed by atoms with Crippen LogP contribution in [0.3, 0.4) is 0 Å². The molecule has 1 aliphatic rings. The second kappa shape index (κ2) is 5.67. The molecule has 4 nitrogen and oxygen atoms in total. The molecule has 1 aromatic heterocycles. The number of pyridine rings is 1. The van der Waals surface area contributed by atoms with Gasteiger partial charge in [-0.3, -0.25) is 0 Å². The van der Waals surface area contributed by atoms with E-state index in [0.717, 1.165) is 37.5 Å². The lowest BCUT2D eigenvalue weighted by atomic mass is 10.2. The number of nitrogens with zero attached hydrogens (tertiary/aromatic N) is 2. The van der Waals surface area contributed by atoms with Crippen molar-refractivity contribution < 1.29 is 9.84 Å². The molecule has 0 spiro atoms. The third-order valence-corrected chi connectivity index (χ3v) is 3.21. The number of aliphatic hydroxyl groups is 1. The molecule has 1 fully saturated rings.